The lowest BCUT2D eigenvalue weighted by Crippen LogP contribution is -2.36. The summed E-state index contributed by atoms with van der Waals surface area (Å²) in [6.07, 6.45) is 8.52. The molecule has 7 heteroatoms. The maximum Gasteiger partial charge on any atom is 0.169 e. The van der Waals surface area contributed by atoms with E-state index < -0.39 is 0 Å². The van der Waals surface area contributed by atoms with Crippen molar-refractivity contribution in [1.82, 2.24) is 9.97 Å². The van der Waals surface area contributed by atoms with Crippen molar-refractivity contribution in [2.24, 2.45) is 11.7 Å². The van der Waals surface area contributed by atoms with Crippen LogP contribution < -0.4 is 10.6 Å². The summed E-state index contributed by atoms with van der Waals surface area (Å²) in [7, 11) is 0. The number of fused-ring (bicyclic) bond motifs is 1. The van der Waals surface area contributed by atoms with E-state index in [1.165, 1.54) is 6.07 Å². The molecule has 34 heavy (non-hydrogen) atoms. The fourth-order valence-electron chi connectivity index (χ4n) is 5.56. The average Bonchev–Trinajstić information content (AvgIpc) is 2.84. The van der Waals surface area contributed by atoms with Crippen LogP contribution in [0, 0.1) is 11.7 Å². The van der Waals surface area contributed by atoms with Gasteiger partial charge in [0, 0.05) is 48.9 Å². The number of ether oxygens (including phenoxy) is 1. The van der Waals surface area contributed by atoms with Crippen molar-refractivity contribution >= 4 is 22.4 Å². The second kappa shape index (κ2) is 9.76. The largest absolute Gasteiger partial charge is 0.378 e. The normalized spacial score (nSPS) is 23.3. The molecule has 2 fully saturated rings. The molecule has 5 rings (SSSR count). The van der Waals surface area contributed by atoms with Crippen LogP contribution in [0.25, 0.3) is 10.9 Å². The van der Waals surface area contributed by atoms with E-state index >= 15 is 0 Å². The molecule has 1 aliphatic heterocycles. The minimum Gasteiger partial charge on any atom is -0.378 e. The van der Waals surface area contributed by atoms with Crippen molar-refractivity contribution in [2.45, 2.75) is 44.6 Å². The summed E-state index contributed by atoms with van der Waals surface area (Å²) in [6.45, 7) is 4.98. The van der Waals surface area contributed by atoms with Crippen molar-refractivity contribution in [1.29, 1.82) is 0 Å². The van der Waals surface area contributed by atoms with Gasteiger partial charge in [0.1, 0.15) is 5.82 Å². The number of Topliss-reactive ketones (excluding diaryl/α,β-unsaturated/α-hetero) is 1. The Morgan fingerprint density at radius 1 is 1.18 bits per heavy atom. The zero-order valence-electron chi connectivity index (χ0n) is 19.5. The summed E-state index contributed by atoms with van der Waals surface area (Å²) in [4.78, 5) is 24.4. The first-order valence-electron chi connectivity index (χ1n) is 12.1. The molecule has 0 unspecified atom stereocenters. The van der Waals surface area contributed by atoms with Crippen LogP contribution >= 0.6 is 0 Å². The average molecular weight is 463 g/mol. The van der Waals surface area contributed by atoms with Crippen LogP contribution in [0.1, 0.15) is 53.6 Å². The number of carbonyl (C=O) groups excluding carboxylic acids is 1. The highest BCUT2D eigenvalue weighted by atomic mass is 19.1. The number of carbonyl (C=O) groups is 1. The third kappa shape index (κ3) is 4.68. The Balaban J connectivity index is 1.44. The quantitative estimate of drug-likeness (QED) is 0.571. The van der Waals surface area contributed by atoms with Gasteiger partial charge < -0.3 is 15.4 Å². The van der Waals surface area contributed by atoms with Gasteiger partial charge in [0.2, 0.25) is 0 Å². The van der Waals surface area contributed by atoms with Crippen LogP contribution in [0.5, 0.6) is 0 Å². The lowest BCUT2D eigenvalue weighted by atomic mass is 9.75. The Labute approximate surface area is 199 Å². The number of ketones is 1. The number of halogens is 1. The number of hydrogen-bond acceptors (Lipinski definition) is 6. The number of pyridine rings is 2. The number of benzene rings is 1. The molecule has 1 aromatic carbocycles. The number of morpholine rings is 1. The number of nitrogens with two attached hydrogens (primary N) is 1. The smallest absolute Gasteiger partial charge is 0.169 e. The summed E-state index contributed by atoms with van der Waals surface area (Å²) < 4.78 is 20.2. The highest BCUT2D eigenvalue weighted by Gasteiger charge is 2.28. The Bertz CT molecular complexity index is 1180. The van der Waals surface area contributed by atoms with Crippen LogP contribution in [0.4, 0.5) is 10.1 Å². The molecule has 2 aliphatic rings. The van der Waals surface area contributed by atoms with Gasteiger partial charge in [-0.3, -0.25) is 14.8 Å². The van der Waals surface area contributed by atoms with E-state index in [1.54, 1.807) is 30.7 Å². The summed E-state index contributed by atoms with van der Waals surface area (Å²) in [5.74, 6) is 0.417. The molecule has 178 valence electrons. The molecule has 0 spiro atoms. The van der Waals surface area contributed by atoms with E-state index in [-0.39, 0.29) is 24.1 Å². The van der Waals surface area contributed by atoms with Gasteiger partial charge in [-0.25, -0.2) is 4.39 Å². The van der Waals surface area contributed by atoms with E-state index in [1.807, 2.05) is 6.07 Å². The lowest BCUT2D eigenvalue weighted by Gasteiger charge is -2.32. The molecule has 3 aromatic rings. The monoisotopic (exact) mass is 462 g/mol. The first kappa shape index (κ1) is 22.9. The maximum absolute atomic E-state index is 14.8. The van der Waals surface area contributed by atoms with Crippen molar-refractivity contribution in [3.8, 4) is 0 Å². The van der Waals surface area contributed by atoms with Gasteiger partial charge in [-0.1, -0.05) is 6.92 Å². The fraction of sp³-hybridized carbons (Fsp3) is 0.444. The Hall–Kier alpha value is -2.90. The molecule has 0 bridgehead atoms. The topological polar surface area (TPSA) is 81.3 Å². The minimum absolute atomic E-state index is 0.0842. The molecule has 0 radical (unpaired) electrons. The zero-order valence-corrected chi connectivity index (χ0v) is 19.5. The minimum atomic E-state index is -0.374. The van der Waals surface area contributed by atoms with Gasteiger partial charge in [0.15, 0.2) is 5.78 Å². The van der Waals surface area contributed by atoms with Crippen LogP contribution in [-0.4, -0.2) is 48.1 Å². The highest BCUT2D eigenvalue weighted by molar-refractivity contribution is 6.08. The van der Waals surface area contributed by atoms with Crippen LogP contribution in [-0.2, 0) is 11.2 Å². The van der Waals surface area contributed by atoms with Gasteiger partial charge in [-0.15, -0.1) is 0 Å². The van der Waals surface area contributed by atoms with E-state index in [0.29, 0.717) is 41.5 Å². The van der Waals surface area contributed by atoms with E-state index in [2.05, 4.69) is 21.8 Å². The molecular formula is C27H31FN4O2. The molecule has 1 saturated carbocycles. The number of aromatic nitrogens is 2. The molecule has 2 N–H and O–H groups in total. The Kier molecular flexibility index (Phi) is 6.57. The van der Waals surface area contributed by atoms with Crippen LogP contribution in [0.15, 0.2) is 42.9 Å². The molecule has 2 aromatic heterocycles. The van der Waals surface area contributed by atoms with E-state index in [0.717, 1.165) is 49.2 Å². The molecule has 1 aliphatic carbocycles. The lowest BCUT2D eigenvalue weighted by molar-refractivity contribution is 0.0994. The second-order valence-electron chi connectivity index (χ2n) is 9.73. The molecule has 6 nitrogen and oxygen atoms in total. The van der Waals surface area contributed by atoms with Gasteiger partial charge in [0.25, 0.3) is 0 Å². The van der Waals surface area contributed by atoms with Crippen LogP contribution in [0.3, 0.4) is 0 Å². The standard InChI is InChI=1S/C27H31FN4O2/c1-17-10-18(12-20(29)11-17)22-4-5-30-15-19(22)13-26(33)23-2-3-25(28)24-14-21(16-31-27(23)24)32-6-8-34-9-7-32/h2-5,14-18,20H,6-13,29H2,1H3/t17-,18+,20-/m0/s1. The van der Waals surface area contributed by atoms with Gasteiger partial charge in [-0.05, 0) is 66.5 Å². The summed E-state index contributed by atoms with van der Waals surface area (Å²) in [6, 6.07) is 6.91. The van der Waals surface area contributed by atoms with Crippen LogP contribution in [0.2, 0.25) is 0 Å². The van der Waals surface area contributed by atoms with E-state index in [4.69, 9.17) is 10.5 Å². The predicted molar refractivity (Wildman–Crippen MR) is 131 cm³/mol. The first-order valence-corrected chi connectivity index (χ1v) is 12.1. The van der Waals surface area contributed by atoms with Gasteiger partial charge in [-0.2, -0.15) is 0 Å². The fourth-order valence-corrected chi connectivity index (χ4v) is 5.56. The second-order valence-corrected chi connectivity index (χ2v) is 9.73. The van der Waals surface area contributed by atoms with Gasteiger partial charge in [0.05, 0.1) is 30.6 Å². The Morgan fingerprint density at radius 3 is 2.79 bits per heavy atom. The highest BCUT2D eigenvalue weighted by Crippen LogP contribution is 2.37. The molecule has 3 heterocycles. The third-order valence-electron chi connectivity index (χ3n) is 7.17. The van der Waals surface area contributed by atoms with Crippen molar-refractivity contribution in [3.05, 3.63) is 65.4 Å². The first-order chi connectivity index (χ1) is 16.5. The van der Waals surface area contributed by atoms with Crippen molar-refractivity contribution < 1.29 is 13.9 Å². The third-order valence-corrected chi connectivity index (χ3v) is 7.17. The summed E-state index contributed by atoms with van der Waals surface area (Å²) in [5.41, 5.74) is 10.1. The van der Waals surface area contributed by atoms with Crippen molar-refractivity contribution in [3.63, 3.8) is 0 Å². The SMILES string of the molecule is C[C@@H]1C[C@H](N)C[C@H](c2ccncc2CC(=O)c2ccc(F)c3cc(N4CCOCC4)cnc23)C1. The van der Waals surface area contributed by atoms with Gasteiger partial charge >= 0.3 is 0 Å². The molecule has 1 saturated heterocycles. The summed E-state index contributed by atoms with van der Waals surface area (Å²) >= 11 is 0. The number of hydrogen-bond donors (Lipinski definition) is 1. The number of anilines is 1. The predicted octanol–water partition coefficient (Wildman–Crippen LogP) is 4.26. The number of nitrogens with zero attached hydrogens (tertiary/aromatic N) is 3. The number of rotatable bonds is 5. The molecular weight excluding hydrogens is 431 g/mol. The van der Waals surface area contributed by atoms with E-state index in [9.17, 15) is 9.18 Å². The summed E-state index contributed by atoms with van der Waals surface area (Å²) in [5, 5.41) is 0.369. The molecule has 3 atom stereocenters. The maximum atomic E-state index is 14.8. The van der Waals surface area contributed by atoms with Crippen molar-refractivity contribution in [2.75, 3.05) is 31.2 Å². The zero-order chi connectivity index (χ0) is 23.7. The Morgan fingerprint density at radius 2 is 2.00 bits per heavy atom. The molecule has 0 amide bonds.